The highest BCUT2D eigenvalue weighted by atomic mass is 16.5. The van der Waals surface area contributed by atoms with Crippen molar-refractivity contribution in [3.8, 4) is 6.07 Å². The largest absolute Gasteiger partial charge is 0.466 e. The molecule has 0 aromatic rings. The molecule has 0 aromatic heterocycles. The molecule has 0 aliphatic heterocycles. The summed E-state index contributed by atoms with van der Waals surface area (Å²) in [6, 6.07) is 2.39. The first kappa shape index (κ1) is 21.4. The van der Waals surface area contributed by atoms with Crippen molar-refractivity contribution in [3.05, 3.63) is 0 Å². The van der Waals surface area contributed by atoms with Gasteiger partial charge in [-0.2, -0.15) is 5.26 Å². The summed E-state index contributed by atoms with van der Waals surface area (Å²) in [6.45, 7) is 11.8. The van der Waals surface area contributed by atoms with E-state index in [0.717, 1.165) is 6.42 Å². The summed E-state index contributed by atoms with van der Waals surface area (Å²) in [7, 11) is 0. The normalized spacial score (nSPS) is 16.1. The molecule has 132 valence electrons. The molecule has 0 saturated carbocycles. The van der Waals surface area contributed by atoms with Gasteiger partial charge in [-0.15, -0.1) is 0 Å². The average molecular weight is 325 g/mol. The third kappa shape index (κ3) is 5.85. The van der Waals surface area contributed by atoms with Crippen LogP contribution in [0.4, 0.5) is 0 Å². The number of nitriles is 1. The second kappa shape index (κ2) is 10.3. The van der Waals surface area contributed by atoms with Crippen LogP contribution in [-0.4, -0.2) is 25.2 Å². The molecule has 0 spiro atoms. The fourth-order valence-electron chi connectivity index (χ4n) is 2.91. The number of carbonyl (C=O) groups is 2. The molecule has 5 nitrogen and oxygen atoms in total. The van der Waals surface area contributed by atoms with Crippen LogP contribution < -0.4 is 0 Å². The minimum Gasteiger partial charge on any atom is -0.466 e. The second-order valence-electron chi connectivity index (χ2n) is 6.31. The molecule has 3 unspecified atom stereocenters. The number of esters is 2. The number of ether oxygens (including phenoxy) is 2. The van der Waals surface area contributed by atoms with Crippen molar-refractivity contribution in [2.45, 2.75) is 60.8 Å². The van der Waals surface area contributed by atoms with Gasteiger partial charge in [0.25, 0.3) is 0 Å². The van der Waals surface area contributed by atoms with Gasteiger partial charge >= 0.3 is 11.9 Å². The summed E-state index contributed by atoms with van der Waals surface area (Å²) in [4.78, 5) is 24.4. The van der Waals surface area contributed by atoms with Crippen LogP contribution in [0.1, 0.15) is 60.8 Å². The summed E-state index contributed by atoms with van der Waals surface area (Å²) in [5.74, 6) is -1.68. The zero-order chi connectivity index (χ0) is 18.0. The van der Waals surface area contributed by atoms with Gasteiger partial charge in [0.05, 0.1) is 37.0 Å². The summed E-state index contributed by atoms with van der Waals surface area (Å²) in [5.41, 5.74) is -0.708. The fraction of sp³-hybridized carbons (Fsp3) is 0.833. The molecule has 0 rings (SSSR count). The standard InChI is InChI=1S/C18H31NO4/c1-7-10-15(18(6,12-19)13(4)5)14(17(21)23-9-3)11-16(20)22-8-2/h13-15H,7-11H2,1-6H3. The van der Waals surface area contributed by atoms with Gasteiger partial charge in [0.15, 0.2) is 0 Å². The van der Waals surface area contributed by atoms with Crippen molar-refractivity contribution >= 4 is 11.9 Å². The zero-order valence-corrected chi connectivity index (χ0v) is 15.3. The SMILES string of the molecule is CCCC(C(CC(=O)OCC)C(=O)OCC)C(C)(C#N)C(C)C. The van der Waals surface area contributed by atoms with E-state index in [9.17, 15) is 14.9 Å². The maximum absolute atomic E-state index is 12.4. The highest BCUT2D eigenvalue weighted by molar-refractivity contribution is 5.80. The van der Waals surface area contributed by atoms with Gasteiger partial charge in [0.2, 0.25) is 0 Å². The highest BCUT2D eigenvalue weighted by Crippen LogP contribution is 2.43. The second-order valence-corrected chi connectivity index (χ2v) is 6.31. The Balaban J connectivity index is 5.68. The van der Waals surface area contributed by atoms with Gasteiger partial charge < -0.3 is 9.47 Å². The minimum absolute atomic E-state index is 0.0403. The molecule has 0 bridgehead atoms. The van der Waals surface area contributed by atoms with Crippen LogP contribution in [0, 0.1) is 34.5 Å². The monoisotopic (exact) mass is 325 g/mol. The first-order valence-electron chi connectivity index (χ1n) is 8.51. The molecule has 0 heterocycles. The van der Waals surface area contributed by atoms with Gasteiger partial charge in [-0.05, 0) is 39.0 Å². The van der Waals surface area contributed by atoms with E-state index < -0.39 is 23.3 Å². The van der Waals surface area contributed by atoms with E-state index in [1.54, 1.807) is 13.8 Å². The minimum atomic E-state index is -0.708. The highest BCUT2D eigenvalue weighted by Gasteiger charge is 2.45. The first-order chi connectivity index (χ1) is 10.8. The molecule has 0 radical (unpaired) electrons. The lowest BCUT2D eigenvalue weighted by Gasteiger charge is -2.38. The summed E-state index contributed by atoms with van der Waals surface area (Å²) < 4.78 is 10.2. The molecule has 3 atom stereocenters. The van der Waals surface area contributed by atoms with Gasteiger partial charge in [-0.25, -0.2) is 0 Å². The lowest BCUT2D eigenvalue weighted by atomic mass is 9.63. The van der Waals surface area contributed by atoms with E-state index in [2.05, 4.69) is 6.07 Å². The Morgan fingerprint density at radius 2 is 1.70 bits per heavy atom. The third-order valence-electron chi connectivity index (χ3n) is 4.58. The Morgan fingerprint density at radius 1 is 1.13 bits per heavy atom. The predicted molar refractivity (Wildman–Crippen MR) is 88.3 cm³/mol. The van der Waals surface area contributed by atoms with Gasteiger partial charge in [0.1, 0.15) is 0 Å². The lowest BCUT2D eigenvalue weighted by Crippen LogP contribution is -2.41. The van der Waals surface area contributed by atoms with Crippen LogP contribution in [0.3, 0.4) is 0 Å². The van der Waals surface area contributed by atoms with E-state index in [1.165, 1.54) is 0 Å². The van der Waals surface area contributed by atoms with E-state index >= 15 is 0 Å². The van der Waals surface area contributed by atoms with E-state index in [-0.39, 0.29) is 31.5 Å². The number of carbonyl (C=O) groups excluding carboxylic acids is 2. The fourth-order valence-corrected chi connectivity index (χ4v) is 2.91. The van der Waals surface area contributed by atoms with Crippen LogP contribution in [0.5, 0.6) is 0 Å². The Morgan fingerprint density at radius 3 is 2.09 bits per heavy atom. The first-order valence-corrected chi connectivity index (χ1v) is 8.51. The van der Waals surface area contributed by atoms with Gasteiger partial charge in [0, 0.05) is 0 Å². The molecule has 0 amide bonds. The molecule has 0 saturated heterocycles. The maximum Gasteiger partial charge on any atom is 0.309 e. The topological polar surface area (TPSA) is 76.4 Å². The number of nitrogens with zero attached hydrogens (tertiary/aromatic N) is 1. The Bertz CT molecular complexity index is 427. The molecular weight excluding hydrogens is 294 g/mol. The van der Waals surface area contributed by atoms with Crippen LogP contribution in [-0.2, 0) is 19.1 Å². The molecule has 0 fully saturated rings. The van der Waals surface area contributed by atoms with Crippen molar-refractivity contribution < 1.29 is 19.1 Å². The number of rotatable bonds is 10. The van der Waals surface area contributed by atoms with Crippen molar-refractivity contribution in [1.82, 2.24) is 0 Å². The summed E-state index contributed by atoms with van der Waals surface area (Å²) in [6.07, 6.45) is 1.47. The van der Waals surface area contributed by atoms with Crippen LogP contribution >= 0.6 is 0 Å². The molecule has 5 heteroatoms. The average Bonchev–Trinajstić information content (AvgIpc) is 2.50. The van der Waals surface area contributed by atoms with Crippen LogP contribution in [0.25, 0.3) is 0 Å². The van der Waals surface area contributed by atoms with Gasteiger partial charge in [-0.3, -0.25) is 9.59 Å². The maximum atomic E-state index is 12.4. The molecule has 0 aromatic carbocycles. The van der Waals surface area contributed by atoms with E-state index in [4.69, 9.17) is 9.47 Å². The zero-order valence-electron chi connectivity index (χ0n) is 15.3. The molecule has 0 aliphatic rings. The Labute approximate surface area is 140 Å². The summed E-state index contributed by atoms with van der Waals surface area (Å²) in [5, 5.41) is 9.73. The van der Waals surface area contributed by atoms with Gasteiger partial charge in [-0.1, -0.05) is 27.2 Å². The van der Waals surface area contributed by atoms with Crippen LogP contribution in [0.2, 0.25) is 0 Å². The Hall–Kier alpha value is -1.57. The molecule has 0 N–H and O–H groups in total. The quantitative estimate of drug-likeness (QED) is 0.572. The molecule has 0 aliphatic carbocycles. The molecular formula is C18H31NO4. The Kier molecular flexibility index (Phi) is 9.55. The van der Waals surface area contributed by atoms with Crippen molar-refractivity contribution in [1.29, 1.82) is 5.26 Å². The van der Waals surface area contributed by atoms with Crippen molar-refractivity contribution in [2.75, 3.05) is 13.2 Å². The smallest absolute Gasteiger partial charge is 0.309 e. The van der Waals surface area contributed by atoms with Crippen LogP contribution in [0.15, 0.2) is 0 Å². The third-order valence-corrected chi connectivity index (χ3v) is 4.58. The van der Waals surface area contributed by atoms with E-state index in [1.807, 2.05) is 27.7 Å². The number of hydrogen-bond donors (Lipinski definition) is 0. The predicted octanol–water partition coefficient (Wildman–Crippen LogP) is 3.72. The number of hydrogen-bond acceptors (Lipinski definition) is 5. The van der Waals surface area contributed by atoms with E-state index in [0.29, 0.717) is 6.42 Å². The summed E-state index contributed by atoms with van der Waals surface area (Å²) >= 11 is 0. The molecule has 23 heavy (non-hydrogen) atoms. The van der Waals surface area contributed by atoms with Crippen molar-refractivity contribution in [3.63, 3.8) is 0 Å². The van der Waals surface area contributed by atoms with Crippen molar-refractivity contribution in [2.24, 2.45) is 23.2 Å². The lowest BCUT2D eigenvalue weighted by molar-refractivity contribution is -0.159.